The van der Waals surface area contributed by atoms with Gasteiger partial charge in [-0.1, -0.05) is 20.8 Å². The van der Waals surface area contributed by atoms with Gasteiger partial charge in [0.05, 0.1) is 35.9 Å². The first-order valence-corrected chi connectivity index (χ1v) is 22.2. The lowest BCUT2D eigenvalue weighted by Crippen LogP contribution is -2.60. The standard InChI is InChI=1S/C46H73N3O14/c1-16-35-44(10,63-43(54)49-18-17-48-24-49)21-25(2)37(52)26(3)22-45(11,55-14)39(62-42-33(19-27(4)50)34(47-13)20-28(5)57-42)29(6)38(30(7)41(53)60-35)61-36-23-46(12,56-15)40(31(8)58-36)59-32(9)51/h17-18,21,24,26,28-31,33-36,38-40,42,47H,16,19-20,22-23H2,1-15H3/b25-21+/t26-,28-,29+,30-,31+,33-,34+,35-,36+,38+,39-,40+,42+,44+,45-,46-/m1/s1. The molecule has 3 aliphatic heterocycles. The number of esters is 2. The maximum atomic E-state index is 14.8. The number of ketones is 2. The van der Waals surface area contributed by atoms with Crippen molar-refractivity contribution in [2.75, 3.05) is 21.3 Å². The monoisotopic (exact) mass is 892 g/mol. The topological polar surface area (TPSA) is 198 Å². The van der Waals surface area contributed by atoms with Crippen LogP contribution >= 0.6 is 0 Å². The van der Waals surface area contributed by atoms with Gasteiger partial charge in [0.15, 0.2) is 30.1 Å². The van der Waals surface area contributed by atoms with Crippen molar-refractivity contribution in [1.29, 1.82) is 0 Å². The van der Waals surface area contributed by atoms with Crippen LogP contribution in [0.15, 0.2) is 30.4 Å². The molecule has 4 rings (SSSR count). The van der Waals surface area contributed by atoms with E-state index in [0.29, 0.717) is 6.42 Å². The number of hydrogen-bond donors (Lipinski definition) is 1. The molecule has 1 N–H and O–H groups in total. The number of Topliss-reactive ketones (excluding diaryl/α,β-unsaturated/α-hetero) is 2. The van der Waals surface area contributed by atoms with Gasteiger partial charge in [0.2, 0.25) is 0 Å². The number of imidazole rings is 1. The van der Waals surface area contributed by atoms with Crippen molar-refractivity contribution in [2.45, 2.75) is 187 Å². The van der Waals surface area contributed by atoms with Crippen LogP contribution in [0.4, 0.5) is 4.79 Å². The van der Waals surface area contributed by atoms with Gasteiger partial charge in [-0.2, -0.15) is 0 Å². The summed E-state index contributed by atoms with van der Waals surface area (Å²) in [5.41, 5.74) is -3.64. The molecule has 2 fully saturated rings. The van der Waals surface area contributed by atoms with Gasteiger partial charge in [0.1, 0.15) is 23.8 Å². The van der Waals surface area contributed by atoms with E-state index in [2.05, 4.69) is 10.3 Å². The predicted octanol–water partition coefficient (Wildman–Crippen LogP) is 5.74. The zero-order valence-corrected chi connectivity index (χ0v) is 40.0. The molecular formula is C46H73N3O14. The van der Waals surface area contributed by atoms with Crippen LogP contribution in [0.25, 0.3) is 0 Å². The number of aromatic nitrogens is 2. The lowest BCUT2D eigenvalue weighted by atomic mass is 9.76. The van der Waals surface area contributed by atoms with Crippen LogP contribution in [-0.4, -0.2) is 132 Å². The van der Waals surface area contributed by atoms with E-state index < -0.39 is 102 Å². The van der Waals surface area contributed by atoms with Gasteiger partial charge in [0.25, 0.3) is 0 Å². The Morgan fingerprint density at radius 3 is 2.16 bits per heavy atom. The molecule has 0 spiro atoms. The number of cyclic esters (lactones) is 1. The molecule has 0 aliphatic carbocycles. The first-order valence-electron chi connectivity index (χ1n) is 22.2. The highest BCUT2D eigenvalue weighted by molar-refractivity contribution is 5.96. The molecule has 17 nitrogen and oxygen atoms in total. The Labute approximate surface area is 372 Å². The van der Waals surface area contributed by atoms with Crippen molar-refractivity contribution in [3.05, 3.63) is 30.4 Å². The summed E-state index contributed by atoms with van der Waals surface area (Å²) in [6, 6.07) is -0.128. The number of hydrogen-bond acceptors (Lipinski definition) is 16. The highest BCUT2D eigenvalue weighted by atomic mass is 16.7. The molecule has 2 saturated heterocycles. The van der Waals surface area contributed by atoms with Gasteiger partial charge in [-0.05, 0) is 93.3 Å². The first kappa shape index (κ1) is 52.0. The van der Waals surface area contributed by atoms with Crippen LogP contribution < -0.4 is 5.32 Å². The number of nitrogens with zero attached hydrogens (tertiary/aromatic N) is 2. The van der Waals surface area contributed by atoms with Crippen LogP contribution in [0.5, 0.6) is 0 Å². The number of rotatable bonds is 12. The molecule has 17 heteroatoms. The Bertz CT molecular complexity index is 1770. The van der Waals surface area contributed by atoms with E-state index in [4.69, 9.17) is 42.6 Å². The number of ether oxygens (including phenoxy) is 9. The molecule has 4 heterocycles. The van der Waals surface area contributed by atoms with Crippen molar-refractivity contribution >= 4 is 29.6 Å². The van der Waals surface area contributed by atoms with Crippen LogP contribution in [-0.2, 0) is 61.8 Å². The summed E-state index contributed by atoms with van der Waals surface area (Å²) >= 11 is 0. The third-order valence-corrected chi connectivity index (χ3v) is 13.3. The lowest BCUT2D eigenvalue weighted by molar-refractivity contribution is -0.314. The summed E-state index contributed by atoms with van der Waals surface area (Å²) in [6.45, 7) is 20.6. The van der Waals surface area contributed by atoms with Crippen LogP contribution in [0, 0.1) is 23.7 Å². The predicted molar refractivity (Wildman–Crippen MR) is 229 cm³/mol. The molecule has 0 bridgehead atoms. The number of carbonyl (C=O) groups excluding carboxylic acids is 5. The minimum atomic E-state index is -1.62. The van der Waals surface area contributed by atoms with Gasteiger partial charge in [-0.25, -0.2) is 14.3 Å². The Morgan fingerprint density at radius 2 is 1.60 bits per heavy atom. The fourth-order valence-corrected chi connectivity index (χ4v) is 9.83. The normalized spacial score (nSPS) is 40.5. The largest absolute Gasteiger partial charge is 0.457 e. The van der Waals surface area contributed by atoms with Crippen LogP contribution in [0.1, 0.15) is 115 Å². The Hall–Kier alpha value is -3.58. The van der Waals surface area contributed by atoms with Gasteiger partial charge in [-0.15, -0.1) is 0 Å². The smallest absolute Gasteiger partial charge is 0.420 e. The van der Waals surface area contributed by atoms with Crippen molar-refractivity contribution in [3.8, 4) is 0 Å². The molecule has 16 atom stereocenters. The van der Waals surface area contributed by atoms with E-state index in [0.717, 1.165) is 4.57 Å². The van der Waals surface area contributed by atoms with Gasteiger partial charge < -0.3 is 52.7 Å². The van der Waals surface area contributed by atoms with Gasteiger partial charge in [-0.3, -0.25) is 14.4 Å². The third-order valence-electron chi connectivity index (χ3n) is 13.3. The molecule has 0 radical (unpaired) electrons. The zero-order valence-electron chi connectivity index (χ0n) is 40.0. The quantitative estimate of drug-likeness (QED) is 0.197. The van der Waals surface area contributed by atoms with Gasteiger partial charge in [0, 0.05) is 70.2 Å². The lowest BCUT2D eigenvalue weighted by Gasteiger charge is -2.50. The second-order valence-electron chi connectivity index (χ2n) is 18.5. The Morgan fingerprint density at radius 1 is 0.952 bits per heavy atom. The molecule has 0 aromatic carbocycles. The highest BCUT2D eigenvalue weighted by Gasteiger charge is 2.54. The maximum Gasteiger partial charge on any atom is 0.420 e. The van der Waals surface area contributed by atoms with Crippen molar-refractivity contribution in [3.63, 3.8) is 0 Å². The molecule has 63 heavy (non-hydrogen) atoms. The van der Waals surface area contributed by atoms with E-state index in [1.807, 2.05) is 27.8 Å². The van der Waals surface area contributed by atoms with E-state index in [9.17, 15) is 24.0 Å². The third kappa shape index (κ3) is 12.2. The minimum absolute atomic E-state index is 0.0374. The summed E-state index contributed by atoms with van der Waals surface area (Å²) in [5, 5.41) is 3.36. The zero-order chi connectivity index (χ0) is 47.2. The number of nitrogens with one attached hydrogen (secondary N) is 1. The Kier molecular flexibility index (Phi) is 17.8. The van der Waals surface area contributed by atoms with E-state index in [-0.39, 0.29) is 55.0 Å². The number of allylic oxidation sites excluding steroid dienone is 1. The SMILES string of the molecule is CC[C@H]1OC(=O)[C@H](C)[C@@H](O[C@H]2C[C@@](C)(OC)[C@@H](OC(C)=O)[C@H](C)O2)[C@H](C)[C@@H](O[C@@H]2O[C@H](C)C[C@H](NC)[C@H]2CC(C)=O)[C@](C)(OC)C[C@@H](C)C(=O)/C(C)=C/[C@]1(C)OC(=O)n1ccnc1. The molecular weight excluding hydrogens is 819 g/mol. The summed E-state index contributed by atoms with van der Waals surface area (Å²) < 4.78 is 58.7. The van der Waals surface area contributed by atoms with Gasteiger partial charge >= 0.3 is 18.0 Å². The molecule has 0 unspecified atom stereocenters. The summed E-state index contributed by atoms with van der Waals surface area (Å²) in [6.07, 6.45) is -0.521. The second-order valence-corrected chi connectivity index (χ2v) is 18.5. The van der Waals surface area contributed by atoms with E-state index in [1.165, 1.54) is 52.9 Å². The van der Waals surface area contributed by atoms with Crippen molar-refractivity contribution < 1.29 is 66.6 Å². The minimum Gasteiger partial charge on any atom is -0.457 e. The molecule has 0 amide bonds. The maximum absolute atomic E-state index is 14.8. The number of carbonyl (C=O) groups is 5. The average Bonchev–Trinajstić information content (AvgIpc) is 3.77. The highest BCUT2D eigenvalue weighted by Crippen LogP contribution is 2.43. The van der Waals surface area contributed by atoms with E-state index >= 15 is 0 Å². The van der Waals surface area contributed by atoms with Crippen molar-refractivity contribution in [1.82, 2.24) is 14.9 Å². The molecule has 1 aromatic heterocycles. The first-order chi connectivity index (χ1) is 29.5. The molecule has 356 valence electrons. The number of methoxy groups -OCH3 is 2. The fraction of sp³-hybridized carbons (Fsp3) is 0.783. The second kappa shape index (κ2) is 21.6. The fourth-order valence-electron chi connectivity index (χ4n) is 9.83. The van der Waals surface area contributed by atoms with Crippen molar-refractivity contribution in [2.24, 2.45) is 23.7 Å². The summed E-state index contributed by atoms with van der Waals surface area (Å²) in [4.78, 5) is 71.7. The average molecular weight is 892 g/mol. The van der Waals surface area contributed by atoms with Crippen LogP contribution in [0.3, 0.4) is 0 Å². The molecule has 0 saturated carbocycles. The summed E-state index contributed by atoms with van der Waals surface area (Å²) in [7, 11) is 4.90. The molecule has 1 aromatic rings. The molecule has 3 aliphatic rings. The Balaban J connectivity index is 1.92. The summed E-state index contributed by atoms with van der Waals surface area (Å²) in [5.74, 6) is -4.33. The van der Waals surface area contributed by atoms with E-state index in [1.54, 1.807) is 48.5 Å². The van der Waals surface area contributed by atoms with Crippen LogP contribution in [0.2, 0.25) is 0 Å².